The van der Waals surface area contributed by atoms with Crippen molar-refractivity contribution in [3.8, 4) is 0 Å². The van der Waals surface area contributed by atoms with Crippen LogP contribution in [0.5, 0.6) is 0 Å². The van der Waals surface area contributed by atoms with Crippen molar-refractivity contribution in [1.82, 2.24) is 5.43 Å². The summed E-state index contributed by atoms with van der Waals surface area (Å²) in [5, 5.41) is 0. The third kappa shape index (κ3) is 2.40. The van der Waals surface area contributed by atoms with Gasteiger partial charge >= 0.3 is 0 Å². The van der Waals surface area contributed by atoms with E-state index in [1.165, 1.54) is 0 Å². The van der Waals surface area contributed by atoms with Gasteiger partial charge in [0.25, 0.3) is 0 Å². The highest BCUT2D eigenvalue weighted by Gasteiger charge is 2.19. The number of nitrogens with two attached hydrogens (primary N) is 1. The number of rotatable bonds is 3. The summed E-state index contributed by atoms with van der Waals surface area (Å²) in [6, 6.07) is 7.98. The first-order valence-corrected chi connectivity index (χ1v) is 5.65. The number of ether oxygens (including phenoxy) is 1. The number of hydrazine groups is 1. The third-order valence-corrected chi connectivity index (χ3v) is 2.86. The summed E-state index contributed by atoms with van der Waals surface area (Å²) < 4.78 is 6.54. The molecule has 0 saturated heterocycles. The summed E-state index contributed by atoms with van der Waals surface area (Å²) in [7, 11) is 0. The normalized spacial score (nSPS) is 17.1. The summed E-state index contributed by atoms with van der Waals surface area (Å²) in [5.74, 6) is 6.46. The maximum atomic E-state index is 5.55. The van der Waals surface area contributed by atoms with Gasteiger partial charge in [0, 0.05) is 10.9 Å². The second-order valence-electron chi connectivity index (χ2n) is 3.40. The lowest BCUT2D eigenvalue weighted by Gasteiger charge is -2.17. The molecule has 0 saturated carbocycles. The molecule has 15 heavy (non-hydrogen) atoms. The van der Waals surface area contributed by atoms with Crippen molar-refractivity contribution in [1.29, 1.82) is 0 Å². The van der Waals surface area contributed by atoms with Gasteiger partial charge in [-0.2, -0.15) is 0 Å². The zero-order valence-corrected chi connectivity index (χ0v) is 9.83. The van der Waals surface area contributed by atoms with E-state index in [1.54, 1.807) is 0 Å². The molecule has 1 unspecified atom stereocenters. The average molecular weight is 269 g/mol. The molecule has 1 atom stereocenters. The fourth-order valence-electron chi connectivity index (χ4n) is 1.67. The Morgan fingerprint density at radius 3 is 2.93 bits per heavy atom. The maximum Gasteiger partial charge on any atom is 0.115 e. The predicted octanol–water partition coefficient (Wildman–Crippen LogP) is 2.26. The van der Waals surface area contributed by atoms with E-state index in [4.69, 9.17) is 10.6 Å². The Kier molecular flexibility index (Phi) is 3.41. The summed E-state index contributed by atoms with van der Waals surface area (Å²) in [5.41, 5.74) is 3.87. The summed E-state index contributed by atoms with van der Waals surface area (Å²) in [4.78, 5) is 0. The molecule has 1 aromatic carbocycles. The van der Waals surface area contributed by atoms with Crippen molar-refractivity contribution < 1.29 is 4.74 Å². The zero-order valence-electron chi connectivity index (χ0n) is 8.24. The molecule has 2 rings (SSSR count). The second-order valence-corrected chi connectivity index (χ2v) is 4.31. The highest BCUT2D eigenvalue weighted by Crippen LogP contribution is 2.27. The molecule has 4 heteroatoms. The molecule has 3 nitrogen and oxygen atoms in total. The molecule has 1 heterocycles. The molecule has 0 spiro atoms. The van der Waals surface area contributed by atoms with Crippen molar-refractivity contribution >= 4 is 15.9 Å². The van der Waals surface area contributed by atoms with E-state index in [2.05, 4.69) is 27.4 Å². The number of nitrogens with one attached hydrogen (secondary N) is 1. The fourth-order valence-corrected chi connectivity index (χ4v) is 2.08. The van der Waals surface area contributed by atoms with Gasteiger partial charge in [-0.25, -0.2) is 5.43 Å². The lowest BCUT2D eigenvalue weighted by atomic mass is 10.1. The van der Waals surface area contributed by atoms with E-state index in [0.29, 0.717) is 0 Å². The molecular weight excluding hydrogens is 256 g/mol. The monoisotopic (exact) mass is 268 g/mol. The second kappa shape index (κ2) is 4.79. The van der Waals surface area contributed by atoms with Crippen LogP contribution in [0.2, 0.25) is 0 Å². The molecule has 80 valence electrons. The number of benzene rings is 1. The van der Waals surface area contributed by atoms with Crippen LogP contribution < -0.4 is 11.3 Å². The third-order valence-electron chi connectivity index (χ3n) is 2.37. The number of halogens is 1. The van der Waals surface area contributed by atoms with Crippen molar-refractivity contribution in [3.05, 3.63) is 46.1 Å². The minimum Gasteiger partial charge on any atom is -0.496 e. The molecule has 3 N–H and O–H groups in total. The molecule has 0 bridgehead atoms. The van der Waals surface area contributed by atoms with Crippen LogP contribution >= 0.6 is 15.9 Å². The standard InChI is InChI=1S/C11H13BrN2O/c12-9-4-1-3-8(7-9)11(14-13)10-5-2-6-15-10/h1,3-5,7,11,14H,2,6,13H2. The van der Waals surface area contributed by atoms with Gasteiger partial charge in [0.15, 0.2) is 0 Å². The van der Waals surface area contributed by atoms with E-state index >= 15 is 0 Å². The minimum atomic E-state index is -0.0509. The molecule has 1 aliphatic heterocycles. The van der Waals surface area contributed by atoms with Crippen molar-refractivity contribution in [2.24, 2.45) is 5.84 Å². The molecule has 1 aromatic rings. The molecule has 0 radical (unpaired) electrons. The largest absolute Gasteiger partial charge is 0.496 e. The van der Waals surface area contributed by atoms with Crippen LogP contribution in [-0.2, 0) is 4.74 Å². The van der Waals surface area contributed by atoms with Crippen LogP contribution in [0.15, 0.2) is 40.6 Å². The smallest absolute Gasteiger partial charge is 0.115 e. The molecule has 0 fully saturated rings. The first-order chi connectivity index (χ1) is 7.31. The van der Waals surface area contributed by atoms with E-state index in [9.17, 15) is 0 Å². The lowest BCUT2D eigenvalue weighted by Crippen LogP contribution is -2.29. The number of hydrogen-bond acceptors (Lipinski definition) is 3. The minimum absolute atomic E-state index is 0.0509. The highest BCUT2D eigenvalue weighted by molar-refractivity contribution is 9.10. The van der Waals surface area contributed by atoms with Crippen LogP contribution in [0.25, 0.3) is 0 Å². The Bertz CT molecular complexity index is 379. The Balaban J connectivity index is 2.26. The summed E-state index contributed by atoms with van der Waals surface area (Å²) in [6.45, 7) is 0.752. The Morgan fingerprint density at radius 2 is 2.33 bits per heavy atom. The molecule has 1 aliphatic rings. The Labute approximate surface area is 97.4 Å². The SMILES string of the molecule is NNC(C1=CCCO1)c1cccc(Br)c1. The van der Waals surface area contributed by atoms with Crippen LogP contribution in [0.4, 0.5) is 0 Å². The predicted molar refractivity (Wildman–Crippen MR) is 62.9 cm³/mol. The zero-order chi connectivity index (χ0) is 10.7. The van der Waals surface area contributed by atoms with Crippen molar-refractivity contribution in [2.75, 3.05) is 6.61 Å². The van der Waals surface area contributed by atoms with Crippen molar-refractivity contribution in [2.45, 2.75) is 12.5 Å². The van der Waals surface area contributed by atoms with Crippen LogP contribution in [0.1, 0.15) is 18.0 Å². The van der Waals surface area contributed by atoms with Gasteiger partial charge in [-0.3, -0.25) is 5.84 Å². The van der Waals surface area contributed by atoms with Gasteiger partial charge in [0.2, 0.25) is 0 Å². The Hall–Kier alpha value is -0.840. The van der Waals surface area contributed by atoms with Gasteiger partial charge in [0.1, 0.15) is 11.8 Å². The van der Waals surface area contributed by atoms with E-state index in [0.717, 1.165) is 28.8 Å². The highest BCUT2D eigenvalue weighted by atomic mass is 79.9. The van der Waals surface area contributed by atoms with Crippen LogP contribution in [-0.4, -0.2) is 6.61 Å². The molecular formula is C11H13BrN2O. The first-order valence-electron chi connectivity index (χ1n) is 4.85. The summed E-state index contributed by atoms with van der Waals surface area (Å²) in [6.07, 6.45) is 3.03. The Morgan fingerprint density at radius 1 is 1.47 bits per heavy atom. The van der Waals surface area contributed by atoms with E-state index in [1.807, 2.05) is 24.3 Å². The number of hydrogen-bond donors (Lipinski definition) is 2. The lowest BCUT2D eigenvalue weighted by molar-refractivity contribution is 0.215. The maximum absolute atomic E-state index is 5.55. The molecule has 0 aromatic heterocycles. The average Bonchev–Trinajstić information content (AvgIpc) is 2.72. The topological polar surface area (TPSA) is 47.3 Å². The van der Waals surface area contributed by atoms with Crippen LogP contribution in [0.3, 0.4) is 0 Å². The van der Waals surface area contributed by atoms with Gasteiger partial charge in [-0.1, -0.05) is 28.1 Å². The van der Waals surface area contributed by atoms with E-state index in [-0.39, 0.29) is 6.04 Å². The van der Waals surface area contributed by atoms with Gasteiger partial charge in [-0.15, -0.1) is 0 Å². The van der Waals surface area contributed by atoms with Crippen molar-refractivity contribution in [3.63, 3.8) is 0 Å². The fraction of sp³-hybridized carbons (Fsp3) is 0.273. The first kappa shape index (κ1) is 10.7. The van der Waals surface area contributed by atoms with Gasteiger partial charge < -0.3 is 4.74 Å². The van der Waals surface area contributed by atoms with Gasteiger partial charge in [-0.05, 0) is 23.8 Å². The molecule has 0 amide bonds. The quantitative estimate of drug-likeness (QED) is 0.653. The van der Waals surface area contributed by atoms with Crippen LogP contribution in [0, 0.1) is 0 Å². The molecule has 0 aliphatic carbocycles. The summed E-state index contributed by atoms with van der Waals surface area (Å²) >= 11 is 3.44. The van der Waals surface area contributed by atoms with Gasteiger partial charge in [0.05, 0.1) is 6.61 Å². The van der Waals surface area contributed by atoms with E-state index < -0.39 is 0 Å².